The number of nitrogens with one attached hydrogen (secondary N) is 2. The largest absolute Gasteiger partial charge is 0.493 e. The van der Waals surface area contributed by atoms with Crippen molar-refractivity contribution in [2.24, 2.45) is 10.9 Å². The van der Waals surface area contributed by atoms with Gasteiger partial charge in [0.15, 0.2) is 5.96 Å². The van der Waals surface area contributed by atoms with E-state index in [4.69, 9.17) is 14.5 Å². The number of guanidine groups is 1. The van der Waals surface area contributed by atoms with Crippen LogP contribution in [0, 0.1) is 5.92 Å². The molecule has 0 radical (unpaired) electrons. The molecule has 7 heteroatoms. The number of benzene rings is 1. The topological polar surface area (TPSA) is 75.2 Å². The van der Waals surface area contributed by atoms with Crippen LogP contribution in [0.25, 0.3) is 0 Å². The van der Waals surface area contributed by atoms with Gasteiger partial charge in [-0.25, -0.2) is 4.99 Å². The molecule has 1 atom stereocenters. The van der Waals surface area contributed by atoms with Crippen molar-refractivity contribution in [3.63, 3.8) is 0 Å². The van der Waals surface area contributed by atoms with Gasteiger partial charge in [0, 0.05) is 51.7 Å². The lowest BCUT2D eigenvalue weighted by molar-refractivity contribution is -0.135. The molecule has 1 heterocycles. The number of methoxy groups -OCH3 is 1. The van der Waals surface area contributed by atoms with Crippen molar-refractivity contribution < 1.29 is 14.3 Å². The minimum atomic E-state index is 0.244. The van der Waals surface area contributed by atoms with Gasteiger partial charge in [-0.3, -0.25) is 4.79 Å². The molecule has 178 valence electrons. The number of rotatable bonds is 10. The second kappa shape index (κ2) is 13.3. The van der Waals surface area contributed by atoms with Gasteiger partial charge >= 0.3 is 0 Å². The predicted molar refractivity (Wildman–Crippen MR) is 128 cm³/mol. The van der Waals surface area contributed by atoms with Gasteiger partial charge in [-0.1, -0.05) is 31.4 Å². The van der Waals surface area contributed by atoms with Crippen LogP contribution in [0.15, 0.2) is 29.3 Å². The molecule has 0 spiro atoms. The molecule has 0 bridgehead atoms. The van der Waals surface area contributed by atoms with E-state index in [0.717, 1.165) is 62.6 Å². The second-order valence-corrected chi connectivity index (χ2v) is 8.79. The molecule has 2 aliphatic rings. The molecule has 7 nitrogen and oxygen atoms in total. The van der Waals surface area contributed by atoms with Crippen molar-refractivity contribution in [2.45, 2.75) is 64.5 Å². The SMILES string of the molecule is CCNC(=NCc1cccc(OCCCOC)c1)NC1CCN(C(=O)C2CCCCC2)C1. The van der Waals surface area contributed by atoms with Crippen molar-refractivity contribution in [3.8, 4) is 5.75 Å². The maximum absolute atomic E-state index is 12.8. The highest BCUT2D eigenvalue weighted by molar-refractivity contribution is 5.81. The molecule has 1 aromatic carbocycles. The molecule has 1 amide bonds. The quantitative estimate of drug-likeness (QED) is 0.329. The lowest BCUT2D eigenvalue weighted by atomic mass is 9.88. The Bertz CT molecular complexity index is 734. The van der Waals surface area contributed by atoms with Crippen LogP contribution in [0.3, 0.4) is 0 Å². The lowest BCUT2D eigenvalue weighted by Crippen LogP contribution is -2.45. The van der Waals surface area contributed by atoms with E-state index in [2.05, 4.69) is 28.5 Å². The highest BCUT2D eigenvalue weighted by Crippen LogP contribution is 2.26. The van der Waals surface area contributed by atoms with Crippen LogP contribution in [-0.4, -0.2) is 62.8 Å². The molecule has 1 aromatic rings. The summed E-state index contributed by atoms with van der Waals surface area (Å²) in [6.07, 6.45) is 7.63. The van der Waals surface area contributed by atoms with Crippen molar-refractivity contribution in [3.05, 3.63) is 29.8 Å². The van der Waals surface area contributed by atoms with Gasteiger partial charge in [-0.15, -0.1) is 0 Å². The first-order chi connectivity index (χ1) is 15.7. The molecule has 1 aliphatic carbocycles. The van der Waals surface area contributed by atoms with Crippen LogP contribution >= 0.6 is 0 Å². The summed E-state index contributed by atoms with van der Waals surface area (Å²) in [5, 5.41) is 6.88. The monoisotopic (exact) mass is 444 g/mol. The van der Waals surface area contributed by atoms with Gasteiger partial charge in [0.1, 0.15) is 5.75 Å². The Morgan fingerprint density at radius 3 is 2.81 bits per heavy atom. The van der Waals surface area contributed by atoms with Crippen LogP contribution in [0.5, 0.6) is 5.75 Å². The molecule has 2 N–H and O–H groups in total. The Labute approximate surface area is 192 Å². The number of aliphatic imine (C=N–C) groups is 1. The average Bonchev–Trinajstić information content (AvgIpc) is 3.29. The van der Waals surface area contributed by atoms with E-state index in [1.54, 1.807) is 7.11 Å². The zero-order valence-corrected chi connectivity index (χ0v) is 19.8. The fourth-order valence-corrected chi connectivity index (χ4v) is 4.50. The molecule has 0 aromatic heterocycles. The summed E-state index contributed by atoms with van der Waals surface area (Å²) >= 11 is 0. The number of carbonyl (C=O) groups is 1. The highest BCUT2D eigenvalue weighted by Gasteiger charge is 2.31. The molecule has 3 rings (SSSR count). The number of ether oxygens (including phenoxy) is 2. The molecular formula is C25H40N4O3. The third-order valence-corrected chi connectivity index (χ3v) is 6.22. The summed E-state index contributed by atoms with van der Waals surface area (Å²) in [4.78, 5) is 19.7. The third kappa shape index (κ3) is 7.69. The van der Waals surface area contributed by atoms with Crippen molar-refractivity contribution in [2.75, 3.05) is 40.0 Å². The molecule has 1 unspecified atom stereocenters. The number of hydrogen-bond acceptors (Lipinski definition) is 4. The maximum Gasteiger partial charge on any atom is 0.225 e. The van der Waals surface area contributed by atoms with Crippen molar-refractivity contribution >= 4 is 11.9 Å². The number of hydrogen-bond donors (Lipinski definition) is 2. The number of carbonyl (C=O) groups excluding carboxylic acids is 1. The van der Waals surface area contributed by atoms with Crippen LogP contribution in [0.4, 0.5) is 0 Å². The maximum atomic E-state index is 12.8. The van der Waals surface area contributed by atoms with Crippen LogP contribution in [0.1, 0.15) is 57.4 Å². The van der Waals surface area contributed by atoms with Crippen molar-refractivity contribution in [1.82, 2.24) is 15.5 Å². The van der Waals surface area contributed by atoms with Gasteiger partial charge < -0.3 is 25.0 Å². The van der Waals surface area contributed by atoms with Crippen molar-refractivity contribution in [1.29, 1.82) is 0 Å². The smallest absolute Gasteiger partial charge is 0.225 e. The van der Waals surface area contributed by atoms with E-state index in [1.165, 1.54) is 19.3 Å². The number of likely N-dealkylation sites (tertiary alicyclic amines) is 1. The van der Waals surface area contributed by atoms with E-state index in [0.29, 0.717) is 25.7 Å². The third-order valence-electron chi connectivity index (χ3n) is 6.22. The fourth-order valence-electron chi connectivity index (χ4n) is 4.50. The van der Waals surface area contributed by atoms with Crippen LogP contribution < -0.4 is 15.4 Å². The van der Waals surface area contributed by atoms with Crippen LogP contribution in [-0.2, 0) is 16.1 Å². The zero-order valence-electron chi connectivity index (χ0n) is 19.8. The Morgan fingerprint density at radius 2 is 2.03 bits per heavy atom. The van der Waals surface area contributed by atoms with Gasteiger partial charge in [0.25, 0.3) is 0 Å². The average molecular weight is 445 g/mol. The summed E-state index contributed by atoms with van der Waals surface area (Å²) < 4.78 is 10.9. The Hall–Kier alpha value is -2.28. The second-order valence-electron chi connectivity index (χ2n) is 8.79. The molecule has 32 heavy (non-hydrogen) atoms. The molecule has 1 saturated heterocycles. The summed E-state index contributed by atoms with van der Waals surface area (Å²) in [7, 11) is 1.70. The Kier molecular flexibility index (Phi) is 10.1. The van der Waals surface area contributed by atoms with Gasteiger partial charge in [-0.05, 0) is 43.9 Å². The summed E-state index contributed by atoms with van der Waals surface area (Å²) in [5.41, 5.74) is 1.10. The normalized spacial score (nSPS) is 19.8. The number of nitrogens with zero attached hydrogens (tertiary/aromatic N) is 2. The van der Waals surface area contributed by atoms with Crippen LogP contribution in [0.2, 0.25) is 0 Å². The van der Waals surface area contributed by atoms with E-state index < -0.39 is 0 Å². The molecule has 1 saturated carbocycles. The first kappa shape index (κ1) is 24.4. The molecular weight excluding hydrogens is 404 g/mol. The predicted octanol–water partition coefficient (Wildman–Crippen LogP) is 3.34. The molecule has 1 aliphatic heterocycles. The standard InChI is InChI=1S/C25H40N4O3/c1-3-26-25(27-18-20-9-7-12-23(17-20)32-16-8-15-31-2)28-22-13-14-29(19-22)24(30)21-10-5-4-6-11-21/h7,9,12,17,21-22H,3-6,8,10-11,13-16,18-19H2,1-2H3,(H2,26,27,28). The van der Waals surface area contributed by atoms with E-state index in [9.17, 15) is 4.79 Å². The van der Waals surface area contributed by atoms with Gasteiger partial charge in [0.2, 0.25) is 5.91 Å². The fraction of sp³-hybridized carbons (Fsp3) is 0.680. The lowest BCUT2D eigenvalue weighted by Gasteiger charge is -2.26. The van der Waals surface area contributed by atoms with Gasteiger partial charge in [-0.2, -0.15) is 0 Å². The minimum Gasteiger partial charge on any atom is -0.493 e. The van der Waals surface area contributed by atoms with E-state index in [-0.39, 0.29) is 12.0 Å². The Morgan fingerprint density at radius 1 is 1.19 bits per heavy atom. The Balaban J connectivity index is 1.50. The summed E-state index contributed by atoms with van der Waals surface area (Å²) in [6, 6.07) is 8.33. The zero-order chi connectivity index (χ0) is 22.6. The van der Waals surface area contributed by atoms with E-state index in [1.807, 2.05) is 18.2 Å². The summed E-state index contributed by atoms with van der Waals surface area (Å²) in [6.45, 7) is 6.39. The highest BCUT2D eigenvalue weighted by atomic mass is 16.5. The minimum absolute atomic E-state index is 0.244. The summed E-state index contributed by atoms with van der Waals surface area (Å²) in [5.74, 6) is 2.27. The first-order valence-corrected chi connectivity index (χ1v) is 12.2. The first-order valence-electron chi connectivity index (χ1n) is 12.2. The molecule has 2 fully saturated rings. The van der Waals surface area contributed by atoms with Gasteiger partial charge in [0.05, 0.1) is 13.2 Å². The van der Waals surface area contributed by atoms with E-state index >= 15 is 0 Å². The number of amides is 1.